The molecule has 0 fully saturated rings. The van der Waals surface area contributed by atoms with Crippen molar-refractivity contribution in [1.29, 1.82) is 0 Å². The fraction of sp³-hybridized carbons (Fsp3) is 0.684. The number of hydrogen-bond acceptors (Lipinski definition) is 9. The predicted molar refractivity (Wildman–Crippen MR) is 137 cm³/mol. The fourth-order valence-electron chi connectivity index (χ4n) is 2.73. The summed E-state index contributed by atoms with van der Waals surface area (Å²) in [5, 5.41) is 16.8. The molecule has 0 rings (SSSR count). The number of aliphatic imine (C=N–C) groups is 1. The highest BCUT2D eigenvalue weighted by molar-refractivity contribution is 7.98. The van der Waals surface area contributed by atoms with Crippen LogP contribution in [0.4, 0.5) is 0 Å². The molecule has 35 heavy (non-hydrogen) atoms. The fourth-order valence-corrected chi connectivity index (χ4v) is 3.36. The van der Waals surface area contributed by atoms with Crippen LogP contribution in [0.15, 0.2) is 4.99 Å². The molecule has 4 atom stereocenters. The standard InChI is InChI=1S/C19H36N8O6S2/c1-35-8-6-13(18(32)33)27-16(30)11(3-2-7-24-19(22)23)26-17(31)12(4-5-14(21)28)25-15(29)10(20)9-34/h10-13,34H,2-9,20H2,1H3,(H2,21,28)(H,25,29)(H,26,31)(H,27,30)(H,32,33)(H4,22,23,24). The van der Waals surface area contributed by atoms with E-state index >= 15 is 0 Å². The number of hydrogen-bond donors (Lipinski definition) is 9. The molecular weight excluding hydrogens is 500 g/mol. The van der Waals surface area contributed by atoms with Crippen molar-refractivity contribution in [2.45, 2.75) is 56.3 Å². The Balaban J connectivity index is 5.60. The highest BCUT2D eigenvalue weighted by Crippen LogP contribution is 2.06. The summed E-state index contributed by atoms with van der Waals surface area (Å²) in [7, 11) is 0. The Morgan fingerprint density at radius 3 is 1.94 bits per heavy atom. The first kappa shape index (κ1) is 32.3. The number of guanidine groups is 1. The van der Waals surface area contributed by atoms with Gasteiger partial charge in [0, 0.05) is 18.7 Å². The van der Waals surface area contributed by atoms with Crippen molar-refractivity contribution in [1.82, 2.24) is 16.0 Å². The number of carboxylic acid groups (broad SMARTS) is 1. The minimum absolute atomic E-state index is 0.0123. The number of thioether (sulfide) groups is 1. The number of thiol groups is 1. The summed E-state index contributed by atoms with van der Waals surface area (Å²) in [5.74, 6) is -3.74. The second-order valence-corrected chi connectivity index (χ2v) is 8.90. The third-order valence-corrected chi connectivity index (χ3v) is 5.69. The zero-order valence-electron chi connectivity index (χ0n) is 19.6. The Bertz CT molecular complexity index is 766. The maximum absolute atomic E-state index is 12.9. The summed E-state index contributed by atoms with van der Waals surface area (Å²) in [6.07, 6.45) is 1.96. The van der Waals surface area contributed by atoms with Crippen LogP contribution in [-0.2, 0) is 24.0 Å². The largest absolute Gasteiger partial charge is 0.480 e. The van der Waals surface area contributed by atoms with Gasteiger partial charge in [0.05, 0.1) is 6.04 Å². The van der Waals surface area contributed by atoms with Crippen molar-refractivity contribution >= 4 is 59.9 Å². The van der Waals surface area contributed by atoms with Crippen LogP contribution in [0.1, 0.15) is 32.1 Å². The molecule has 0 aliphatic heterocycles. The minimum Gasteiger partial charge on any atom is -0.480 e. The number of rotatable bonds is 18. The molecule has 0 heterocycles. The van der Waals surface area contributed by atoms with E-state index < -0.39 is 53.8 Å². The Morgan fingerprint density at radius 1 is 0.914 bits per heavy atom. The van der Waals surface area contributed by atoms with Crippen molar-refractivity contribution in [3.8, 4) is 0 Å². The monoisotopic (exact) mass is 536 g/mol. The topological polar surface area (TPSA) is 258 Å². The van der Waals surface area contributed by atoms with E-state index in [1.807, 2.05) is 0 Å². The van der Waals surface area contributed by atoms with Crippen LogP contribution in [0.25, 0.3) is 0 Å². The van der Waals surface area contributed by atoms with Gasteiger partial charge in [-0.15, -0.1) is 0 Å². The van der Waals surface area contributed by atoms with Crippen molar-refractivity contribution in [2.24, 2.45) is 27.9 Å². The molecule has 12 N–H and O–H groups in total. The van der Waals surface area contributed by atoms with Crippen LogP contribution in [-0.4, -0.2) is 89.1 Å². The second-order valence-electron chi connectivity index (χ2n) is 7.55. The lowest BCUT2D eigenvalue weighted by atomic mass is 10.1. The van der Waals surface area contributed by atoms with Gasteiger partial charge in [-0.05, 0) is 37.7 Å². The van der Waals surface area contributed by atoms with E-state index in [1.54, 1.807) is 6.26 Å². The van der Waals surface area contributed by atoms with E-state index in [0.717, 1.165) is 0 Å². The third kappa shape index (κ3) is 14.3. The van der Waals surface area contributed by atoms with Gasteiger partial charge in [0.1, 0.15) is 18.1 Å². The summed E-state index contributed by atoms with van der Waals surface area (Å²) >= 11 is 5.36. The van der Waals surface area contributed by atoms with Gasteiger partial charge in [0.2, 0.25) is 23.6 Å². The highest BCUT2D eigenvalue weighted by Gasteiger charge is 2.30. The number of primary amides is 1. The molecule has 0 saturated heterocycles. The first-order valence-corrected chi connectivity index (χ1v) is 12.8. The molecule has 0 radical (unpaired) electrons. The Kier molecular flexibility index (Phi) is 16.3. The molecule has 0 aromatic heterocycles. The molecule has 0 aliphatic carbocycles. The van der Waals surface area contributed by atoms with E-state index in [0.29, 0.717) is 5.75 Å². The van der Waals surface area contributed by atoms with Crippen molar-refractivity contribution in [3.05, 3.63) is 0 Å². The lowest BCUT2D eigenvalue weighted by Gasteiger charge is -2.25. The van der Waals surface area contributed by atoms with Crippen LogP contribution in [0.2, 0.25) is 0 Å². The van der Waals surface area contributed by atoms with Crippen LogP contribution < -0.4 is 38.9 Å². The number of amides is 4. The van der Waals surface area contributed by atoms with Gasteiger partial charge >= 0.3 is 5.97 Å². The molecule has 0 bridgehead atoms. The van der Waals surface area contributed by atoms with Crippen LogP contribution in [0.3, 0.4) is 0 Å². The average molecular weight is 537 g/mol. The molecule has 4 amide bonds. The van der Waals surface area contributed by atoms with Gasteiger partial charge in [-0.2, -0.15) is 24.4 Å². The smallest absolute Gasteiger partial charge is 0.326 e. The molecule has 0 aliphatic rings. The molecule has 4 unspecified atom stereocenters. The van der Waals surface area contributed by atoms with Crippen LogP contribution in [0.5, 0.6) is 0 Å². The Labute approximate surface area is 213 Å². The SMILES string of the molecule is CSCCC(NC(=O)C(CCCN=C(N)N)NC(=O)C(CCC(N)=O)NC(=O)C(N)CS)C(=O)O. The van der Waals surface area contributed by atoms with E-state index in [9.17, 15) is 29.1 Å². The van der Waals surface area contributed by atoms with Gasteiger partial charge in [-0.1, -0.05) is 0 Å². The second kappa shape index (κ2) is 17.7. The summed E-state index contributed by atoms with van der Waals surface area (Å²) in [6, 6.07) is -4.56. The summed E-state index contributed by atoms with van der Waals surface area (Å²) in [5.41, 5.74) is 21.4. The van der Waals surface area contributed by atoms with Gasteiger partial charge in [-0.3, -0.25) is 24.2 Å². The normalized spacial score (nSPS) is 14.0. The number of nitrogens with two attached hydrogens (primary N) is 4. The minimum atomic E-state index is -1.22. The lowest BCUT2D eigenvalue weighted by Crippen LogP contribution is -2.57. The van der Waals surface area contributed by atoms with Crippen molar-refractivity contribution in [3.63, 3.8) is 0 Å². The first-order chi connectivity index (χ1) is 16.4. The first-order valence-electron chi connectivity index (χ1n) is 10.8. The number of carbonyl (C=O) groups excluding carboxylic acids is 4. The molecule has 0 spiro atoms. The average Bonchev–Trinajstić information content (AvgIpc) is 2.79. The van der Waals surface area contributed by atoms with Gasteiger partial charge in [0.25, 0.3) is 0 Å². The molecule has 200 valence electrons. The van der Waals surface area contributed by atoms with Crippen molar-refractivity contribution in [2.75, 3.05) is 24.3 Å². The molecule has 0 aromatic carbocycles. The molecule has 16 heteroatoms. The summed E-state index contributed by atoms with van der Waals surface area (Å²) in [4.78, 5) is 64.6. The maximum atomic E-state index is 12.9. The van der Waals surface area contributed by atoms with E-state index in [-0.39, 0.29) is 50.4 Å². The van der Waals surface area contributed by atoms with Gasteiger partial charge in [-0.25, -0.2) is 4.79 Å². The summed E-state index contributed by atoms with van der Waals surface area (Å²) in [6.45, 7) is 0.162. The molecule has 0 aromatic rings. The number of nitrogens with one attached hydrogen (secondary N) is 3. The lowest BCUT2D eigenvalue weighted by molar-refractivity contribution is -0.142. The molecular formula is C19H36N8O6S2. The molecule has 14 nitrogen and oxygen atoms in total. The summed E-state index contributed by atoms with van der Waals surface area (Å²) < 4.78 is 0. The quantitative estimate of drug-likeness (QED) is 0.0368. The third-order valence-electron chi connectivity index (χ3n) is 4.65. The van der Waals surface area contributed by atoms with E-state index in [2.05, 4.69) is 33.6 Å². The van der Waals surface area contributed by atoms with Crippen LogP contribution >= 0.6 is 24.4 Å². The zero-order valence-corrected chi connectivity index (χ0v) is 21.3. The van der Waals surface area contributed by atoms with Crippen LogP contribution in [0, 0.1) is 0 Å². The zero-order chi connectivity index (χ0) is 27.0. The number of nitrogens with zero attached hydrogens (tertiary/aromatic N) is 1. The Morgan fingerprint density at radius 2 is 1.46 bits per heavy atom. The van der Waals surface area contributed by atoms with Gasteiger partial charge in [0.15, 0.2) is 5.96 Å². The van der Waals surface area contributed by atoms with E-state index in [4.69, 9.17) is 22.9 Å². The number of carboxylic acids is 1. The van der Waals surface area contributed by atoms with Crippen molar-refractivity contribution < 1.29 is 29.1 Å². The maximum Gasteiger partial charge on any atom is 0.326 e. The Hall–Kier alpha value is -2.72. The molecule has 0 saturated carbocycles. The van der Waals surface area contributed by atoms with Gasteiger partial charge < -0.3 is 44.0 Å². The predicted octanol–water partition coefficient (Wildman–Crippen LogP) is -3.15. The number of carbonyl (C=O) groups is 5. The van der Waals surface area contributed by atoms with E-state index in [1.165, 1.54) is 11.8 Å². The number of aliphatic carboxylic acids is 1. The highest BCUT2D eigenvalue weighted by atomic mass is 32.2.